The van der Waals surface area contributed by atoms with Crippen LogP contribution in [0.1, 0.15) is 18.2 Å². The molecule has 1 unspecified atom stereocenters. The van der Waals surface area contributed by atoms with Crippen LogP contribution in [-0.2, 0) is 12.8 Å². The first-order chi connectivity index (χ1) is 14.2. The highest BCUT2D eigenvalue weighted by Gasteiger charge is 2.13. The zero-order chi connectivity index (χ0) is 20.6. The SMILES string of the molecule is CCc1noc2c(OCC(O)CNCCc3ccc(OC)c(OC)c3)cccc12. The highest BCUT2D eigenvalue weighted by atomic mass is 16.5. The number of nitrogens with zero attached hydrogens (tertiary/aromatic N) is 1. The third-order valence-corrected chi connectivity index (χ3v) is 4.72. The second kappa shape index (κ2) is 10.1. The van der Waals surface area contributed by atoms with Crippen molar-refractivity contribution in [3.8, 4) is 17.2 Å². The van der Waals surface area contributed by atoms with E-state index in [2.05, 4.69) is 10.5 Å². The summed E-state index contributed by atoms with van der Waals surface area (Å²) in [5.41, 5.74) is 2.66. The van der Waals surface area contributed by atoms with Crippen molar-refractivity contribution in [2.24, 2.45) is 0 Å². The van der Waals surface area contributed by atoms with Gasteiger partial charge in [0.1, 0.15) is 12.7 Å². The van der Waals surface area contributed by atoms with Crippen molar-refractivity contribution >= 4 is 11.0 Å². The van der Waals surface area contributed by atoms with Crippen molar-refractivity contribution in [1.82, 2.24) is 10.5 Å². The molecule has 0 saturated heterocycles. The largest absolute Gasteiger partial charge is 0.493 e. The van der Waals surface area contributed by atoms with Crippen molar-refractivity contribution in [2.45, 2.75) is 25.9 Å². The smallest absolute Gasteiger partial charge is 0.208 e. The Morgan fingerprint density at radius 3 is 2.69 bits per heavy atom. The number of ether oxygens (including phenoxy) is 3. The Morgan fingerprint density at radius 1 is 1.10 bits per heavy atom. The van der Waals surface area contributed by atoms with E-state index < -0.39 is 6.10 Å². The minimum atomic E-state index is -0.635. The first kappa shape index (κ1) is 21.0. The average Bonchev–Trinajstić information content (AvgIpc) is 3.18. The molecule has 0 aliphatic rings. The highest BCUT2D eigenvalue weighted by Crippen LogP contribution is 2.29. The average molecular weight is 400 g/mol. The summed E-state index contributed by atoms with van der Waals surface area (Å²) >= 11 is 0. The van der Waals surface area contributed by atoms with Crippen LogP contribution in [0.4, 0.5) is 0 Å². The fourth-order valence-corrected chi connectivity index (χ4v) is 3.14. The predicted molar refractivity (Wildman–Crippen MR) is 111 cm³/mol. The van der Waals surface area contributed by atoms with Crippen molar-refractivity contribution in [3.63, 3.8) is 0 Å². The van der Waals surface area contributed by atoms with Gasteiger partial charge in [-0.2, -0.15) is 0 Å². The molecule has 7 heteroatoms. The molecule has 0 radical (unpaired) electrons. The molecule has 0 saturated carbocycles. The molecular weight excluding hydrogens is 372 g/mol. The molecule has 156 valence electrons. The summed E-state index contributed by atoms with van der Waals surface area (Å²) in [6.07, 6.45) is 0.970. The van der Waals surface area contributed by atoms with E-state index in [1.54, 1.807) is 14.2 Å². The quantitative estimate of drug-likeness (QED) is 0.479. The highest BCUT2D eigenvalue weighted by molar-refractivity contribution is 5.84. The van der Waals surface area contributed by atoms with Crippen LogP contribution < -0.4 is 19.5 Å². The van der Waals surface area contributed by atoms with Gasteiger partial charge >= 0.3 is 0 Å². The number of hydrogen-bond donors (Lipinski definition) is 2. The monoisotopic (exact) mass is 400 g/mol. The minimum Gasteiger partial charge on any atom is -0.493 e. The van der Waals surface area contributed by atoms with Gasteiger partial charge in [0, 0.05) is 11.9 Å². The summed E-state index contributed by atoms with van der Waals surface area (Å²) in [7, 11) is 3.24. The molecule has 1 aromatic heterocycles. The van der Waals surface area contributed by atoms with E-state index >= 15 is 0 Å². The van der Waals surface area contributed by atoms with Crippen molar-refractivity contribution in [1.29, 1.82) is 0 Å². The van der Waals surface area contributed by atoms with E-state index in [1.807, 2.05) is 43.3 Å². The summed E-state index contributed by atoms with van der Waals surface area (Å²) in [4.78, 5) is 0. The molecule has 3 aromatic rings. The van der Waals surface area contributed by atoms with Crippen molar-refractivity contribution in [3.05, 3.63) is 47.7 Å². The van der Waals surface area contributed by atoms with Gasteiger partial charge in [-0.1, -0.05) is 24.2 Å². The normalized spacial score (nSPS) is 12.1. The molecule has 2 aromatic carbocycles. The topological polar surface area (TPSA) is 86.0 Å². The lowest BCUT2D eigenvalue weighted by Gasteiger charge is -2.14. The molecule has 0 aliphatic carbocycles. The minimum absolute atomic E-state index is 0.171. The lowest BCUT2D eigenvalue weighted by Crippen LogP contribution is -2.32. The van der Waals surface area contributed by atoms with E-state index in [-0.39, 0.29) is 6.61 Å². The Labute approximate surface area is 170 Å². The fourth-order valence-electron chi connectivity index (χ4n) is 3.14. The number of aliphatic hydroxyl groups excluding tert-OH is 1. The van der Waals surface area contributed by atoms with E-state index in [1.165, 1.54) is 0 Å². The molecule has 2 N–H and O–H groups in total. The van der Waals surface area contributed by atoms with E-state index in [0.29, 0.717) is 29.4 Å². The van der Waals surface area contributed by atoms with Gasteiger partial charge in [-0.15, -0.1) is 0 Å². The number of rotatable bonds is 11. The lowest BCUT2D eigenvalue weighted by atomic mass is 10.1. The fraction of sp³-hybridized carbons (Fsp3) is 0.409. The van der Waals surface area contributed by atoms with Gasteiger partial charge in [0.15, 0.2) is 17.2 Å². The van der Waals surface area contributed by atoms with Crippen LogP contribution in [0.3, 0.4) is 0 Å². The van der Waals surface area contributed by atoms with Gasteiger partial charge in [0.2, 0.25) is 5.58 Å². The number of aromatic nitrogens is 1. The Balaban J connectivity index is 1.44. The van der Waals surface area contributed by atoms with E-state index in [9.17, 15) is 5.11 Å². The Bertz CT molecular complexity index is 925. The molecule has 3 rings (SSSR count). The Hall–Kier alpha value is -2.77. The van der Waals surface area contributed by atoms with Crippen LogP contribution in [0.15, 0.2) is 40.9 Å². The number of nitrogens with one attached hydrogen (secondary N) is 1. The first-order valence-electron chi connectivity index (χ1n) is 9.76. The molecular formula is C22H28N2O5. The predicted octanol–water partition coefficient (Wildman–Crippen LogP) is 2.98. The first-order valence-corrected chi connectivity index (χ1v) is 9.76. The molecule has 7 nitrogen and oxygen atoms in total. The van der Waals surface area contributed by atoms with Crippen LogP contribution in [-0.4, -0.2) is 50.3 Å². The maximum absolute atomic E-state index is 10.2. The molecule has 0 bridgehead atoms. The van der Waals surface area contributed by atoms with Crippen LogP contribution in [0.2, 0.25) is 0 Å². The zero-order valence-electron chi connectivity index (χ0n) is 17.1. The number of benzene rings is 2. The zero-order valence-corrected chi connectivity index (χ0v) is 17.1. The molecule has 1 heterocycles. The Kier molecular flexibility index (Phi) is 7.32. The summed E-state index contributed by atoms with van der Waals surface area (Å²) in [6, 6.07) is 11.5. The summed E-state index contributed by atoms with van der Waals surface area (Å²) in [5, 5.41) is 18.5. The maximum Gasteiger partial charge on any atom is 0.208 e. The molecule has 0 amide bonds. The van der Waals surface area contributed by atoms with E-state index in [4.69, 9.17) is 18.7 Å². The van der Waals surface area contributed by atoms with Crippen molar-refractivity contribution in [2.75, 3.05) is 33.9 Å². The summed E-state index contributed by atoms with van der Waals surface area (Å²) in [6.45, 7) is 3.36. The number of fused-ring (bicyclic) bond motifs is 1. The van der Waals surface area contributed by atoms with Gasteiger partial charge in [-0.25, -0.2) is 0 Å². The van der Waals surface area contributed by atoms with Crippen LogP contribution in [0, 0.1) is 0 Å². The molecule has 1 atom stereocenters. The summed E-state index contributed by atoms with van der Waals surface area (Å²) in [5.74, 6) is 2.02. The molecule has 0 aliphatic heterocycles. The molecule has 0 fully saturated rings. The molecule has 29 heavy (non-hydrogen) atoms. The second-order valence-electron chi connectivity index (χ2n) is 6.72. The number of hydrogen-bond acceptors (Lipinski definition) is 7. The number of aryl methyl sites for hydroxylation is 1. The summed E-state index contributed by atoms with van der Waals surface area (Å²) < 4.78 is 21.7. The third-order valence-electron chi connectivity index (χ3n) is 4.72. The number of aliphatic hydroxyl groups is 1. The van der Waals surface area contributed by atoms with Gasteiger partial charge in [0.25, 0.3) is 0 Å². The number of methoxy groups -OCH3 is 2. The van der Waals surface area contributed by atoms with Crippen LogP contribution >= 0.6 is 0 Å². The van der Waals surface area contributed by atoms with Crippen LogP contribution in [0.25, 0.3) is 11.0 Å². The Morgan fingerprint density at radius 2 is 1.93 bits per heavy atom. The second-order valence-corrected chi connectivity index (χ2v) is 6.72. The maximum atomic E-state index is 10.2. The lowest BCUT2D eigenvalue weighted by molar-refractivity contribution is 0.107. The third kappa shape index (κ3) is 5.19. The molecule has 0 spiro atoms. The van der Waals surface area contributed by atoms with Gasteiger partial charge in [0.05, 0.1) is 19.9 Å². The van der Waals surface area contributed by atoms with Gasteiger partial charge < -0.3 is 29.2 Å². The number of para-hydroxylation sites is 1. The van der Waals surface area contributed by atoms with Gasteiger partial charge in [-0.05, 0) is 49.2 Å². The standard InChI is InChI=1S/C22H28N2O5/c1-4-18-17-6-5-7-20(22(17)29-24-18)28-14-16(25)13-23-11-10-15-8-9-19(26-2)21(12-15)27-3/h5-9,12,16,23,25H,4,10-11,13-14H2,1-3H3. The van der Waals surface area contributed by atoms with Crippen LogP contribution in [0.5, 0.6) is 17.2 Å². The van der Waals surface area contributed by atoms with Crippen molar-refractivity contribution < 1.29 is 23.8 Å². The van der Waals surface area contributed by atoms with Gasteiger partial charge in [-0.3, -0.25) is 0 Å². The van der Waals surface area contributed by atoms with E-state index in [0.717, 1.165) is 36.0 Å².